The van der Waals surface area contributed by atoms with E-state index in [1.165, 1.54) is 14.2 Å². The molecule has 7 heteroatoms. The molecule has 0 saturated carbocycles. The van der Waals surface area contributed by atoms with E-state index >= 15 is 0 Å². The molecule has 0 radical (unpaired) electrons. The molecule has 0 bridgehead atoms. The van der Waals surface area contributed by atoms with Gasteiger partial charge in [-0.3, -0.25) is 4.79 Å². The zero-order chi connectivity index (χ0) is 20.6. The number of nitrogens with one attached hydrogen (secondary N) is 1. The largest absolute Gasteiger partial charge is 0.496 e. The molecule has 1 N–H and O–H groups in total. The summed E-state index contributed by atoms with van der Waals surface area (Å²) in [6.07, 6.45) is 0. The highest BCUT2D eigenvalue weighted by molar-refractivity contribution is 7.10. The van der Waals surface area contributed by atoms with Crippen LogP contribution in [-0.2, 0) is 9.53 Å². The number of carbonyl (C=O) groups excluding carboxylic acids is 2. The molecule has 2 aromatic carbocycles. The molecule has 1 aromatic heterocycles. The Labute approximate surface area is 173 Å². The van der Waals surface area contributed by atoms with Crippen LogP contribution < -0.4 is 14.8 Å². The molecule has 0 saturated heterocycles. The fourth-order valence-electron chi connectivity index (χ4n) is 2.88. The van der Waals surface area contributed by atoms with Gasteiger partial charge >= 0.3 is 5.97 Å². The van der Waals surface area contributed by atoms with Crippen LogP contribution in [-0.4, -0.2) is 32.7 Å². The fourth-order valence-corrected chi connectivity index (χ4v) is 3.68. The lowest BCUT2D eigenvalue weighted by atomic mass is 10.1. The number of esters is 1. The molecule has 3 rings (SSSR count). The molecule has 0 fully saturated rings. The van der Waals surface area contributed by atoms with Crippen LogP contribution in [0.3, 0.4) is 0 Å². The van der Waals surface area contributed by atoms with E-state index in [1.54, 1.807) is 29.5 Å². The molecule has 1 atom stereocenters. The predicted octanol–water partition coefficient (Wildman–Crippen LogP) is 3.83. The van der Waals surface area contributed by atoms with Crippen LogP contribution in [0.25, 0.3) is 0 Å². The molecule has 0 aliphatic rings. The van der Waals surface area contributed by atoms with E-state index in [1.807, 2.05) is 47.8 Å². The molecule has 1 amide bonds. The first-order valence-electron chi connectivity index (χ1n) is 8.90. The number of amides is 1. The quantitative estimate of drug-likeness (QED) is 0.571. The normalized spacial score (nSPS) is 11.4. The topological polar surface area (TPSA) is 73.9 Å². The summed E-state index contributed by atoms with van der Waals surface area (Å²) in [5.41, 5.74) is 1.09. The number of carbonyl (C=O) groups is 2. The van der Waals surface area contributed by atoms with E-state index in [-0.39, 0.29) is 11.6 Å². The van der Waals surface area contributed by atoms with Gasteiger partial charge in [0, 0.05) is 4.88 Å². The Kier molecular flexibility index (Phi) is 6.86. The van der Waals surface area contributed by atoms with Crippen molar-refractivity contribution in [1.29, 1.82) is 0 Å². The van der Waals surface area contributed by atoms with E-state index in [0.717, 1.165) is 10.4 Å². The summed E-state index contributed by atoms with van der Waals surface area (Å²) in [4.78, 5) is 26.0. The zero-order valence-electron chi connectivity index (χ0n) is 16.1. The Bertz CT molecular complexity index is 934. The summed E-state index contributed by atoms with van der Waals surface area (Å²) >= 11 is 1.54. The van der Waals surface area contributed by atoms with Crippen molar-refractivity contribution in [1.82, 2.24) is 5.32 Å². The average Bonchev–Trinajstić information content (AvgIpc) is 3.30. The first-order valence-corrected chi connectivity index (χ1v) is 9.77. The maximum atomic E-state index is 12.5. The highest BCUT2D eigenvalue weighted by Gasteiger charge is 2.22. The van der Waals surface area contributed by atoms with Gasteiger partial charge in [-0.2, -0.15) is 0 Å². The van der Waals surface area contributed by atoms with Gasteiger partial charge in [0.25, 0.3) is 5.91 Å². The fraction of sp³-hybridized carbons (Fsp3) is 0.182. The van der Waals surface area contributed by atoms with Gasteiger partial charge in [-0.1, -0.05) is 42.5 Å². The van der Waals surface area contributed by atoms with Crippen molar-refractivity contribution >= 4 is 23.2 Å². The minimum Gasteiger partial charge on any atom is -0.496 e. The van der Waals surface area contributed by atoms with Crippen molar-refractivity contribution in [3.8, 4) is 11.5 Å². The Hall–Kier alpha value is -3.32. The molecular formula is C22H21NO5S. The highest BCUT2D eigenvalue weighted by atomic mass is 32.1. The molecular weight excluding hydrogens is 390 g/mol. The molecule has 0 aliphatic carbocycles. The van der Waals surface area contributed by atoms with Crippen molar-refractivity contribution in [3.05, 3.63) is 82.0 Å². The smallest absolute Gasteiger partial charge is 0.346 e. The van der Waals surface area contributed by atoms with Gasteiger partial charge in [0.05, 0.1) is 20.3 Å². The lowest BCUT2D eigenvalue weighted by Crippen LogP contribution is -2.32. The summed E-state index contributed by atoms with van der Waals surface area (Å²) in [7, 11) is 2.90. The van der Waals surface area contributed by atoms with Crippen molar-refractivity contribution in [2.45, 2.75) is 6.04 Å². The number of hydrogen-bond acceptors (Lipinski definition) is 6. The molecule has 3 aromatic rings. The van der Waals surface area contributed by atoms with Crippen LogP contribution >= 0.6 is 11.3 Å². The van der Waals surface area contributed by atoms with Crippen LogP contribution in [0.4, 0.5) is 0 Å². The molecule has 6 nitrogen and oxygen atoms in total. The molecule has 1 heterocycles. The van der Waals surface area contributed by atoms with E-state index in [4.69, 9.17) is 14.2 Å². The number of hydrogen-bond donors (Lipinski definition) is 1. The Morgan fingerprint density at radius 1 is 0.931 bits per heavy atom. The third-order valence-corrected chi connectivity index (χ3v) is 5.17. The summed E-state index contributed by atoms with van der Waals surface area (Å²) in [6.45, 7) is -0.422. The minimum absolute atomic E-state index is 0.142. The average molecular weight is 411 g/mol. The molecule has 29 heavy (non-hydrogen) atoms. The third kappa shape index (κ3) is 4.94. The van der Waals surface area contributed by atoms with E-state index in [9.17, 15) is 9.59 Å². The first-order chi connectivity index (χ1) is 14.1. The second-order valence-electron chi connectivity index (χ2n) is 6.04. The van der Waals surface area contributed by atoms with Gasteiger partial charge in [0.2, 0.25) is 0 Å². The lowest BCUT2D eigenvalue weighted by Gasteiger charge is -2.18. The highest BCUT2D eigenvalue weighted by Crippen LogP contribution is 2.29. The van der Waals surface area contributed by atoms with Crippen LogP contribution in [0.2, 0.25) is 0 Å². The van der Waals surface area contributed by atoms with E-state index in [0.29, 0.717) is 11.5 Å². The van der Waals surface area contributed by atoms with Gasteiger partial charge in [-0.15, -0.1) is 11.3 Å². The van der Waals surface area contributed by atoms with Crippen LogP contribution in [0.1, 0.15) is 26.8 Å². The summed E-state index contributed by atoms with van der Waals surface area (Å²) in [6, 6.07) is 18.1. The van der Waals surface area contributed by atoms with Crippen LogP contribution in [0, 0.1) is 0 Å². The number of thiophene rings is 1. The first kappa shape index (κ1) is 20.4. The van der Waals surface area contributed by atoms with Crippen molar-refractivity contribution < 1.29 is 23.8 Å². The second-order valence-corrected chi connectivity index (χ2v) is 7.02. The molecule has 0 unspecified atom stereocenters. The van der Waals surface area contributed by atoms with Gasteiger partial charge in [-0.25, -0.2) is 4.79 Å². The zero-order valence-corrected chi connectivity index (χ0v) is 16.9. The maximum Gasteiger partial charge on any atom is 0.346 e. The van der Waals surface area contributed by atoms with Gasteiger partial charge in [0.1, 0.15) is 17.1 Å². The van der Waals surface area contributed by atoms with Crippen LogP contribution in [0.15, 0.2) is 66.0 Å². The molecule has 0 aliphatic heterocycles. The summed E-state index contributed by atoms with van der Waals surface area (Å²) < 4.78 is 15.6. The Balaban J connectivity index is 1.70. The second kappa shape index (κ2) is 9.75. The van der Waals surface area contributed by atoms with E-state index in [2.05, 4.69) is 5.32 Å². The van der Waals surface area contributed by atoms with Crippen molar-refractivity contribution in [2.24, 2.45) is 0 Å². The van der Waals surface area contributed by atoms with Crippen molar-refractivity contribution in [3.63, 3.8) is 0 Å². The monoisotopic (exact) mass is 411 g/mol. The van der Waals surface area contributed by atoms with Gasteiger partial charge < -0.3 is 19.5 Å². The summed E-state index contributed by atoms with van der Waals surface area (Å²) in [5, 5.41) is 4.88. The lowest BCUT2D eigenvalue weighted by molar-refractivity contribution is -0.124. The SMILES string of the molecule is COc1cccc(OC)c1C(=O)OCC(=O)N[C@H](c1ccccc1)c1cccs1. The Morgan fingerprint density at radius 2 is 1.62 bits per heavy atom. The number of rotatable bonds is 8. The number of benzene rings is 2. The maximum absolute atomic E-state index is 12.5. The summed E-state index contributed by atoms with van der Waals surface area (Å²) in [5.74, 6) is -0.470. The van der Waals surface area contributed by atoms with Gasteiger partial charge in [0.15, 0.2) is 6.61 Å². The van der Waals surface area contributed by atoms with Crippen molar-refractivity contribution in [2.75, 3.05) is 20.8 Å². The van der Waals surface area contributed by atoms with Crippen LogP contribution in [0.5, 0.6) is 11.5 Å². The molecule has 150 valence electrons. The number of ether oxygens (including phenoxy) is 3. The number of methoxy groups -OCH3 is 2. The third-order valence-electron chi connectivity index (χ3n) is 4.23. The Morgan fingerprint density at radius 3 is 2.21 bits per heavy atom. The van der Waals surface area contributed by atoms with E-state index < -0.39 is 18.5 Å². The van der Waals surface area contributed by atoms with Gasteiger partial charge in [-0.05, 0) is 29.1 Å². The molecule has 0 spiro atoms. The predicted molar refractivity (Wildman–Crippen MR) is 111 cm³/mol. The minimum atomic E-state index is -0.693. The standard InChI is InChI=1S/C22H21NO5S/c1-26-16-10-6-11-17(27-2)20(16)22(25)28-14-19(24)23-21(18-12-7-13-29-18)15-8-4-3-5-9-15/h3-13,21H,14H2,1-2H3,(H,23,24)/t21-/m1/s1.